The molecule has 1 aromatic heterocycles. The summed E-state index contributed by atoms with van der Waals surface area (Å²) in [4.78, 5) is 2.69. The lowest BCUT2D eigenvalue weighted by Gasteiger charge is -2.21. The van der Waals surface area contributed by atoms with Crippen LogP contribution in [0.15, 0.2) is 24.3 Å². The Morgan fingerprint density at radius 1 is 1.05 bits per heavy atom. The lowest BCUT2D eigenvalue weighted by Crippen LogP contribution is -2.22. The minimum atomic E-state index is -0.133. The molecule has 108 valence electrons. The van der Waals surface area contributed by atoms with Crippen LogP contribution in [-0.4, -0.2) is 0 Å². The summed E-state index contributed by atoms with van der Waals surface area (Å²) >= 11 is 1.82. The number of hydrogen-bond acceptors (Lipinski definition) is 2. The average Bonchev–Trinajstić information content (AvgIpc) is 2.71. The molecule has 1 N–H and O–H groups in total. The Bertz CT molecular complexity index is 603. The van der Waals surface area contributed by atoms with Crippen molar-refractivity contribution in [2.45, 2.75) is 46.7 Å². The van der Waals surface area contributed by atoms with Crippen molar-refractivity contribution in [1.29, 1.82) is 0 Å². The Balaban J connectivity index is 2.12. The fourth-order valence-corrected chi connectivity index (χ4v) is 3.54. The third-order valence-electron chi connectivity index (χ3n) is 3.74. The van der Waals surface area contributed by atoms with Crippen molar-refractivity contribution < 1.29 is 4.39 Å². The van der Waals surface area contributed by atoms with E-state index < -0.39 is 0 Å². The monoisotopic (exact) mass is 291 g/mol. The molecule has 0 amide bonds. The van der Waals surface area contributed by atoms with Crippen molar-refractivity contribution in [3.63, 3.8) is 0 Å². The van der Waals surface area contributed by atoms with Gasteiger partial charge in [-0.05, 0) is 63.4 Å². The number of hydrogen-bond donors (Lipinski definition) is 1. The topological polar surface area (TPSA) is 12.0 Å². The summed E-state index contributed by atoms with van der Waals surface area (Å²) in [6.45, 7) is 10.3. The van der Waals surface area contributed by atoms with E-state index in [1.54, 1.807) is 13.0 Å². The van der Waals surface area contributed by atoms with Crippen molar-refractivity contribution in [3.05, 3.63) is 56.5 Å². The van der Waals surface area contributed by atoms with Gasteiger partial charge in [-0.15, -0.1) is 11.3 Å². The first-order valence-corrected chi connectivity index (χ1v) is 7.79. The maximum Gasteiger partial charge on any atom is 0.126 e. The zero-order valence-corrected chi connectivity index (χ0v) is 13.6. The van der Waals surface area contributed by atoms with Gasteiger partial charge >= 0.3 is 0 Å². The number of halogens is 1. The van der Waals surface area contributed by atoms with Gasteiger partial charge in [0.2, 0.25) is 0 Å². The molecule has 1 heterocycles. The van der Waals surface area contributed by atoms with Crippen LogP contribution in [0.25, 0.3) is 0 Å². The smallest absolute Gasteiger partial charge is 0.126 e. The van der Waals surface area contributed by atoms with Crippen LogP contribution in [0.5, 0.6) is 0 Å². The predicted octanol–water partition coefficient (Wildman–Crippen LogP) is 5.22. The molecule has 0 spiro atoms. The molecule has 0 aliphatic carbocycles. The Morgan fingerprint density at radius 2 is 1.75 bits per heavy atom. The van der Waals surface area contributed by atoms with Gasteiger partial charge in [-0.3, -0.25) is 0 Å². The molecule has 2 aromatic rings. The molecule has 0 aliphatic heterocycles. The van der Waals surface area contributed by atoms with E-state index in [0.29, 0.717) is 5.56 Å². The standard InChI is InChI=1S/C17H22FNS/c1-10-6-7-15(9-17(10)18)12(3)19-13(4)16-8-11(2)20-14(16)5/h6-9,12-13,19H,1-5H3. The molecule has 0 bridgehead atoms. The van der Waals surface area contributed by atoms with Gasteiger partial charge in [-0.2, -0.15) is 0 Å². The average molecular weight is 291 g/mol. The minimum Gasteiger partial charge on any atom is -0.304 e. The van der Waals surface area contributed by atoms with E-state index in [1.807, 2.05) is 23.5 Å². The molecule has 0 aliphatic rings. The molecule has 2 unspecified atom stereocenters. The third kappa shape index (κ3) is 3.28. The Morgan fingerprint density at radius 3 is 2.30 bits per heavy atom. The first-order valence-electron chi connectivity index (χ1n) is 6.97. The number of rotatable bonds is 4. The van der Waals surface area contributed by atoms with Crippen molar-refractivity contribution in [1.82, 2.24) is 5.32 Å². The number of aryl methyl sites for hydroxylation is 3. The molecular formula is C17H22FNS. The predicted molar refractivity (Wildman–Crippen MR) is 84.9 cm³/mol. The largest absolute Gasteiger partial charge is 0.304 e. The van der Waals surface area contributed by atoms with E-state index >= 15 is 0 Å². The highest BCUT2D eigenvalue weighted by Crippen LogP contribution is 2.28. The molecule has 0 saturated carbocycles. The third-order valence-corrected chi connectivity index (χ3v) is 4.72. The van der Waals surface area contributed by atoms with Gasteiger partial charge in [0.05, 0.1) is 0 Å². The molecule has 20 heavy (non-hydrogen) atoms. The fraction of sp³-hybridized carbons (Fsp3) is 0.412. The van der Waals surface area contributed by atoms with Gasteiger partial charge in [0.1, 0.15) is 5.82 Å². The van der Waals surface area contributed by atoms with Gasteiger partial charge in [0.15, 0.2) is 0 Å². The summed E-state index contributed by atoms with van der Waals surface area (Å²) in [5, 5.41) is 3.55. The maximum absolute atomic E-state index is 13.6. The summed E-state index contributed by atoms with van der Waals surface area (Å²) in [5.41, 5.74) is 3.02. The van der Waals surface area contributed by atoms with Crippen molar-refractivity contribution in [2.24, 2.45) is 0 Å². The molecule has 2 atom stereocenters. The van der Waals surface area contributed by atoms with Crippen LogP contribution in [-0.2, 0) is 0 Å². The molecule has 3 heteroatoms. The lowest BCUT2D eigenvalue weighted by molar-refractivity contribution is 0.491. The second-order valence-electron chi connectivity index (χ2n) is 5.49. The van der Waals surface area contributed by atoms with E-state index in [-0.39, 0.29) is 17.9 Å². The summed E-state index contributed by atoms with van der Waals surface area (Å²) in [6.07, 6.45) is 0. The van der Waals surface area contributed by atoms with Gasteiger partial charge in [-0.1, -0.05) is 12.1 Å². The second-order valence-corrected chi connectivity index (χ2v) is 6.95. The highest BCUT2D eigenvalue weighted by molar-refractivity contribution is 7.12. The van der Waals surface area contributed by atoms with Crippen LogP contribution in [0.2, 0.25) is 0 Å². The van der Waals surface area contributed by atoms with Crippen LogP contribution in [0, 0.1) is 26.6 Å². The number of nitrogens with one attached hydrogen (secondary N) is 1. The summed E-state index contributed by atoms with van der Waals surface area (Å²) in [5.74, 6) is -0.133. The van der Waals surface area contributed by atoms with Crippen LogP contribution < -0.4 is 5.32 Å². The first kappa shape index (κ1) is 15.2. The van der Waals surface area contributed by atoms with Gasteiger partial charge < -0.3 is 5.32 Å². The Labute approximate surface area is 124 Å². The lowest BCUT2D eigenvalue weighted by atomic mass is 10.0. The van der Waals surface area contributed by atoms with E-state index in [4.69, 9.17) is 0 Å². The Hall–Kier alpha value is -1.19. The zero-order chi connectivity index (χ0) is 14.9. The van der Waals surface area contributed by atoms with Crippen LogP contribution in [0.1, 0.15) is 52.4 Å². The van der Waals surface area contributed by atoms with Gasteiger partial charge in [0, 0.05) is 21.8 Å². The van der Waals surface area contributed by atoms with Crippen molar-refractivity contribution >= 4 is 11.3 Å². The van der Waals surface area contributed by atoms with Crippen molar-refractivity contribution in [3.8, 4) is 0 Å². The SMILES string of the molecule is Cc1cc(C(C)NC(C)c2ccc(C)c(F)c2)c(C)s1. The van der Waals surface area contributed by atoms with Crippen LogP contribution >= 0.6 is 11.3 Å². The summed E-state index contributed by atoms with van der Waals surface area (Å²) in [6, 6.07) is 8.09. The van der Waals surface area contributed by atoms with E-state index in [1.165, 1.54) is 15.3 Å². The summed E-state index contributed by atoms with van der Waals surface area (Å²) in [7, 11) is 0. The van der Waals surface area contributed by atoms with E-state index in [2.05, 4.69) is 39.1 Å². The molecule has 0 fully saturated rings. The highest BCUT2D eigenvalue weighted by Gasteiger charge is 2.15. The first-order chi connectivity index (χ1) is 9.38. The number of benzene rings is 1. The summed E-state index contributed by atoms with van der Waals surface area (Å²) < 4.78 is 13.6. The fourth-order valence-electron chi connectivity index (χ4n) is 2.52. The molecule has 0 radical (unpaired) electrons. The second kappa shape index (κ2) is 6.06. The molecule has 2 rings (SSSR count). The zero-order valence-electron chi connectivity index (χ0n) is 12.8. The molecule has 1 nitrogen and oxygen atoms in total. The van der Waals surface area contributed by atoms with E-state index in [9.17, 15) is 4.39 Å². The van der Waals surface area contributed by atoms with Gasteiger partial charge in [0.25, 0.3) is 0 Å². The van der Waals surface area contributed by atoms with Crippen LogP contribution in [0.4, 0.5) is 4.39 Å². The molecule has 0 saturated heterocycles. The van der Waals surface area contributed by atoms with Crippen molar-refractivity contribution in [2.75, 3.05) is 0 Å². The van der Waals surface area contributed by atoms with E-state index in [0.717, 1.165) is 5.56 Å². The highest BCUT2D eigenvalue weighted by atomic mass is 32.1. The minimum absolute atomic E-state index is 0.125. The molecular weight excluding hydrogens is 269 g/mol. The maximum atomic E-state index is 13.6. The normalized spacial score (nSPS) is 14.3. The Kier molecular flexibility index (Phi) is 4.61. The molecule has 1 aromatic carbocycles. The number of thiophene rings is 1. The quantitative estimate of drug-likeness (QED) is 0.814. The van der Waals surface area contributed by atoms with Gasteiger partial charge in [-0.25, -0.2) is 4.39 Å². The van der Waals surface area contributed by atoms with Crippen LogP contribution in [0.3, 0.4) is 0 Å².